The molecule has 0 saturated heterocycles. The third kappa shape index (κ3) is 3.73. The third-order valence-electron chi connectivity index (χ3n) is 3.59. The first-order chi connectivity index (χ1) is 8.50. The minimum Gasteiger partial charge on any atom is -0.271 e. The second kappa shape index (κ2) is 5.94. The summed E-state index contributed by atoms with van der Waals surface area (Å²) < 4.78 is 27.3. The Bertz CT molecular complexity index is 387. The van der Waals surface area contributed by atoms with Crippen molar-refractivity contribution in [3.63, 3.8) is 0 Å². The number of nitrogens with one attached hydrogen (secondary N) is 1. The summed E-state index contributed by atoms with van der Waals surface area (Å²) in [6.07, 6.45) is 1.89. The summed E-state index contributed by atoms with van der Waals surface area (Å²) >= 11 is 5.09. The van der Waals surface area contributed by atoms with Crippen LogP contribution in [0.2, 0.25) is 0 Å². The number of rotatable bonds is 4. The van der Waals surface area contributed by atoms with E-state index in [4.69, 9.17) is 5.84 Å². The van der Waals surface area contributed by atoms with Gasteiger partial charge in [-0.15, -0.1) is 11.3 Å². The van der Waals surface area contributed by atoms with E-state index in [1.807, 2.05) is 6.07 Å². The van der Waals surface area contributed by atoms with E-state index < -0.39 is 5.92 Å². The highest BCUT2D eigenvalue weighted by atomic mass is 79.9. The molecule has 1 aromatic heterocycles. The number of hydrazine groups is 1. The van der Waals surface area contributed by atoms with Crippen LogP contribution in [0.25, 0.3) is 0 Å². The van der Waals surface area contributed by atoms with Gasteiger partial charge < -0.3 is 0 Å². The molecule has 0 radical (unpaired) electrons. The average Bonchev–Trinajstić information content (AvgIpc) is 2.72. The van der Waals surface area contributed by atoms with Crippen LogP contribution in [0.1, 0.15) is 30.6 Å². The first kappa shape index (κ1) is 14.4. The zero-order valence-electron chi connectivity index (χ0n) is 9.96. The summed E-state index contributed by atoms with van der Waals surface area (Å²) in [6.45, 7) is 0. The molecule has 1 atom stereocenters. The van der Waals surface area contributed by atoms with Gasteiger partial charge in [-0.25, -0.2) is 8.78 Å². The number of halogens is 3. The van der Waals surface area contributed by atoms with Crippen molar-refractivity contribution in [2.45, 2.75) is 44.1 Å². The molecular weight excluding hydrogens is 322 g/mol. The van der Waals surface area contributed by atoms with Crippen molar-refractivity contribution in [2.75, 3.05) is 0 Å². The Kier molecular flexibility index (Phi) is 4.75. The normalized spacial score (nSPS) is 22.0. The fraction of sp³-hybridized carbons (Fsp3) is 0.667. The maximum atomic E-state index is 13.1. The number of alkyl halides is 2. The van der Waals surface area contributed by atoms with E-state index in [0.717, 1.165) is 10.2 Å². The largest absolute Gasteiger partial charge is 0.271 e. The molecule has 1 aromatic rings. The lowest BCUT2D eigenvalue weighted by molar-refractivity contribution is -0.0495. The summed E-state index contributed by atoms with van der Waals surface area (Å²) in [7, 11) is 0. The predicted molar refractivity (Wildman–Crippen MR) is 73.7 cm³/mol. The Morgan fingerprint density at radius 2 is 2.11 bits per heavy atom. The molecule has 0 bridgehead atoms. The van der Waals surface area contributed by atoms with Crippen LogP contribution < -0.4 is 11.3 Å². The highest BCUT2D eigenvalue weighted by Gasteiger charge is 2.37. The maximum absolute atomic E-state index is 13.1. The standard InChI is InChI=1S/C12H17BrF2N2S/c13-11-2-1-9(18-11)7-10(17-16)8-3-5-12(14,15)6-4-8/h1-2,8,10,17H,3-7,16H2. The van der Waals surface area contributed by atoms with Crippen LogP contribution in [0.5, 0.6) is 0 Å². The van der Waals surface area contributed by atoms with Crippen LogP contribution in [0.3, 0.4) is 0 Å². The van der Waals surface area contributed by atoms with E-state index in [1.54, 1.807) is 11.3 Å². The molecule has 1 unspecified atom stereocenters. The average molecular weight is 339 g/mol. The Labute approximate surface area is 118 Å². The fourth-order valence-corrected chi connectivity index (χ4v) is 4.05. The number of hydrogen-bond acceptors (Lipinski definition) is 3. The number of nitrogens with two attached hydrogens (primary N) is 1. The van der Waals surface area contributed by atoms with Gasteiger partial charge in [-0.3, -0.25) is 11.3 Å². The van der Waals surface area contributed by atoms with E-state index in [2.05, 4.69) is 27.4 Å². The second-order valence-electron chi connectivity index (χ2n) is 4.88. The topological polar surface area (TPSA) is 38.0 Å². The minimum atomic E-state index is -2.47. The zero-order valence-corrected chi connectivity index (χ0v) is 12.4. The summed E-state index contributed by atoms with van der Waals surface area (Å²) in [6, 6.07) is 4.14. The molecule has 3 N–H and O–H groups in total. The Balaban J connectivity index is 1.93. The van der Waals surface area contributed by atoms with Gasteiger partial charge in [-0.2, -0.15) is 0 Å². The van der Waals surface area contributed by atoms with E-state index >= 15 is 0 Å². The fourth-order valence-electron chi connectivity index (χ4n) is 2.50. The molecule has 18 heavy (non-hydrogen) atoms. The Hall–Kier alpha value is -0.0400. The van der Waals surface area contributed by atoms with Crippen LogP contribution in [-0.2, 0) is 6.42 Å². The molecular formula is C12H17BrF2N2S. The first-order valence-electron chi connectivity index (χ1n) is 6.08. The quantitative estimate of drug-likeness (QED) is 0.648. The molecule has 1 heterocycles. The lowest BCUT2D eigenvalue weighted by atomic mass is 9.81. The van der Waals surface area contributed by atoms with Gasteiger partial charge >= 0.3 is 0 Å². The van der Waals surface area contributed by atoms with Crippen molar-refractivity contribution in [2.24, 2.45) is 11.8 Å². The lowest BCUT2D eigenvalue weighted by Gasteiger charge is -2.33. The number of thiophene rings is 1. The molecule has 1 aliphatic carbocycles. The van der Waals surface area contributed by atoms with E-state index in [1.165, 1.54) is 4.88 Å². The summed E-state index contributed by atoms with van der Waals surface area (Å²) in [5, 5.41) is 0. The Morgan fingerprint density at radius 3 is 2.61 bits per heavy atom. The van der Waals surface area contributed by atoms with Gasteiger partial charge in [0.1, 0.15) is 0 Å². The van der Waals surface area contributed by atoms with Crippen LogP contribution >= 0.6 is 27.3 Å². The smallest absolute Gasteiger partial charge is 0.248 e. The highest BCUT2D eigenvalue weighted by Crippen LogP contribution is 2.38. The van der Waals surface area contributed by atoms with Gasteiger partial charge in [0.15, 0.2) is 0 Å². The van der Waals surface area contributed by atoms with Gasteiger partial charge in [-0.1, -0.05) is 0 Å². The first-order valence-corrected chi connectivity index (χ1v) is 7.69. The monoisotopic (exact) mass is 338 g/mol. The van der Waals surface area contributed by atoms with Crippen molar-refractivity contribution >= 4 is 27.3 Å². The highest BCUT2D eigenvalue weighted by molar-refractivity contribution is 9.11. The van der Waals surface area contributed by atoms with Gasteiger partial charge in [0.05, 0.1) is 3.79 Å². The summed E-state index contributed by atoms with van der Waals surface area (Å²) in [5.74, 6) is 3.36. The molecule has 0 aromatic carbocycles. The molecule has 2 rings (SSSR count). The minimum absolute atomic E-state index is 0.00994. The van der Waals surface area contributed by atoms with Crippen LogP contribution in [0.4, 0.5) is 8.78 Å². The second-order valence-corrected chi connectivity index (χ2v) is 7.42. The number of hydrogen-bond donors (Lipinski definition) is 2. The Morgan fingerprint density at radius 1 is 1.44 bits per heavy atom. The van der Waals surface area contributed by atoms with Gasteiger partial charge in [0.2, 0.25) is 5.92 Å². The van der Waals surface area contributed by atoms with E-state index in [-0.39, 0.29) is 24.8 Å². The molecule has 1 saturated carbocycles. The molecule has 0 spiro atoms. The van der Waals surface area contributed by atoms with Crippen molar-refractivity contribution in [3.05, 3.63) is 20.8 Å². The lowest BCUT2D eigenvalue weighted by Crippen LogP contribution is -2.44. The maximum Gasteiger partial charge on any atom is 0.248 e. The van der Waals surface area contributed by atoms with E-state index in [0.29, 0.717) is 12.8 Å². The van der Waals surface area contributed by atoms with E-state index in [9.17, 15) is 8.78 Å². The molecule has 0 aliphatic heterocycles. The SMILES string of the molecule is NNC(Cc1ccc(Br)s1)C1CCC(F)(F)CC1. The summed E-state index contributed by atoms with van der Waals surface area (Å²) in [4.78, 5) is 1.22. The third-order valence-corrected chi connectivity index (χ3v) is 5.24. The molecule has 102 valence electrons. The van der Waals surface area contributed by atoms with Crippen LogP contribution in [0.15, 0.2) is 15.9 Å². The molecule has 1 fully saturated rings. The zero-order chi connectivity index (χ0) is 13.2. The van der Waals surface area contributed by atoms with Crippen LogP contribution in [-0.4, -0.2) is 12.0 Å². The van der Waals surface area contributed by atoms with Crippen molar-refractivity contribution < 1.29 is 8.78 Å². The predicted octanol–water partition coefficient (Wildman–Crippen LogP) is 3.71. The molecule has 2 nitrogen and oxygen atoms in total. The van der Waals surface area contributed by atoms with Gasteiger partial charge in [0.25, 0.3) is 0 Å². The van der Waals surface area contributed by atoms with Crippen molar-refractivity contribution in [1.82, 2.24) is 5.43 Å². The van der Waals surface area contributed by atoms with Crippen LogP contribution in [0, 0.1) is 5.92 Å². The molecule has 6 heteroatoms. The van der Waals surface area contributed by atoms with Gasteiger partial charge in [0, 0.05) is 23.8 Å². The van der Waals surface area contributed by atoms with Crippen molar-refractivity contribution in [3.8, 4) is 0 Å². The molecule has 0 amide bonds. The van der Waals surface area contributed by atoms with Crippen molar-refractivity contribution in [1.29, 1.82) is 0 Å². The summed E-state index contributed by atoms with van der Waals surface area (Å²) in [5.41, 5.74) is 2.80. The molecule has 1 aliphatic rings. The van der Waals surface area contributed by atoms with Gasteiger partial charge in [-0.05, 0) is 53.2 Å².